The van der Waals surface area contributed by atoms with Gasteiger partial charge in [0.25, 0.3) is 0 Å². The predicted octanol–water partition coefficient (Wildman–Crippen LogP) is 1.75. The molecule has 0 saturated carbocycles. The normalized spacial score (nSPS) is 12.3. The van der Waals surface area contributed by atoms with E-state index < -0.39 is 6.04 Å². The maximum absolute atomic E-state index is 11.5. The van der Waals surface area contributed by atoms with Crippen LogP contribution in [0.1, 0.15) is 12.5 Å². The molecule has 1 rings (SSSR count). The van der Waals surface area contributed by atoms with Crippen LogP contribution in [0.3, 0.4) is 0 Å². The van der Waals surface area contributed by atoms with Gasteiger partial charge in [-0.15, -0.1) is 0 Å². The van der Waals surface area contributed by atoms with Crippen molar-refractivity contribution < 1.29 is 4.79 Å². The number of carbonyl (C=O) groups is 1. The van der Waals surface area contributed by atoms with Gasteiger partial charge in [-0.3, -0.25) is 4.79 Å². The number of hydrogen-bond donors (Lipinski definition) is 1. The van der Waals surface area contributed by atoms with Gasteiger partial charge in [-0.1, -0.05) is 28.1 Å². The van der Waals surface area contributed by atoms with Crippen LogP contribution in [0.5, 0.6) is 0 Å². The van der Waals surface area contributed by atoms with Crippen LogP contribution in [0.2, 0.25) is 0 Å². The molecule has 1 atom stereocenters. The van der Waals surface area contributed by atoms with Crippen LogP contribution in [0.15, 0.2) is 28.7 Å². The molecule has 1 aromatic rings. The highest BCUT2D eigenvalue weighted by atomic mass is 79.9. The Morgan fingerprint density at radius 1 is 1.60 bits per heavy atom. The molecular weight excluding hydrogens is 256 g/mol. The molecule has 0 aliphatic rings. The van der Waals surface area contributed by atoms with Crippen molar-refractivity contribution in [3.8, 4) is 0 Å². The van der Waals surface area contributed by atoms with Crippen LogP contribution < -0.4 is 5.73 Å². The molecule has 0 heterocycles. The summed E-state index contributed by atoms with van der Waals surface area (Å²) in [6.07, 6.45) is 0. The first-order chi connectivity index (χ1) is 7.00. The van der Waals surface area contributed by atoms with Crippen molar-refractivity contribution in [2.45, 2.75) is 19.5 Å². The molecule has 0 spiro atoms. The fraction of sp³-hybridized carbons (Fsp3) is 0.364. The van der Waals surface area contributed by atoms with Gasteiger partial charge in [-0.05, 0) is 24.6 Å². The number of hydrogen-bond acceptors (Lipinski definition) is 2. The lowest BCUT2D eigenvalue weighted by molar-refractivity contribution is -0.131. The Bertz CT molecular complexity index is 352. The zero-order chi connectivity index (χ0) is 11.4. The van der Waals surface area contributed by atoms with E-state index in [1.807, 2.05) is 24.3 Å². The molecule has 82 valence electrons. The molecule has 1 amide bonds. The maximum Gasteiger partial charge on any atom is 0.239 e. The summed E-state index contributed by atoms with van der Waals surface area (Å²) in [5, 5.41) is 0. The standard InChI is InChI=1S/C11H15BrN2O/c1-8(13)11(15)14(2)7-9-4-3-5-10(12)6-9/h3-6,8H,7,13H2,1-2H3/t8-/m0/s1. The van der Waals surface area contributed by atoms with Crippen LogP contribution >= 0.6 is 15.9 Å². The smallest absolute Gasteiger partial charge is 0.239 e. The van der Waals surface area contributed by atoms with Gasteiger partial charge in [-0.2, -0.15) is 0 Å². The lowest BCUT2D eigenvalue weighted by atomic mass is 10.2. The van der Waals surface area contributed by atoms with E-state index in [9.17, 15) is 4.79 Å². The summed E-state index contributed by atoms with van der Waals surface area (Å²) >= 11 is 3.39. The van der Waals surface area contributed by atoms with E-state index in [1.165, 1.54) is 0 Å². The summed E-state index contributed by atoms with van der Waals surface area (Å²) in [7, 11) is 1.76. The fourth-order valence-corrected chi connectivity index (χ4v) is 1.78. The summed E-state index contributed by atoms with van der Waals surface area (Å²) in [5.41, 5.74) is 6.60. The van der Waals surface area contributed by atoms with Gasteiger partial charge in [0.1, 0.15) is 0 Å². The van der Waals surface area contributed by atoms with Gasteiger partial charge in [0.2, 0.25) is 5.91 Å². The molecule has 15 heavy (non-hydrogen) atoms. The third-order valence-corrected chi connectivity index (χ3v) is 2.57. The molecule has 4 heteroatoms. The molecule has 0 aliphatic carbocycles. The largest absolute Gasteiger partial charge is 0.340 e. The Hall–Kier alpha value is -0.870. The van der Waals surface area contributed by atoms with Crippen LogP contribution in [0.4, 0.5) is 0 Å². The van der Waals surface area contributed by atoms with Crippen molar-refractivity contribution in [2.24, 2.45) is 5.73 Å². The second-order valence-corrected chi connectivity index (χ2v) is 4.53. The molecule has 3 nitrogen and oxygen atoms in total. The Balaban J connectivity index is 2.66. The first kappa shape index (κ1) is 12.2. The number of benzene rings is 1. The molecule has 0 unspecified atom stereocenters. The highest BCUT2D eigenvalue weighted by Crippen LogP contribution is 2.13. The topological polar surface area (TPSA) is 46.3 Å². The van der Waals surface area contributed by atoms with E-state index in [0.717, 1.165) is 10.0 Å². The molecular formula is C11H15BrN2O. The van der Waals surface area contributed by atoms with Crippen LogP contribution in [-0.2, 0) is 11.3 Å². The molecule has 0 saturated heterocycles. The number of rotatable bonds is 3. The van der Waals surface area contributed by atoms with Crippen molar-refractivity contribution >= 4 is 21.8 Å². The summed E-state index contributed by atoms with van der Waals surface area (Å²) < 4.78 is 1.02. The third-order valence-electron chi connectivity index (χ3n) is 2.07. The molecule has 0 aliphatic heterocycles. The summed E-state index contributed by atoms with van der Waals surface area (Å²) in [4.78, 5) is 13.2. The second-order valence-electron chi connectivity index (χ2n) is 3.61. The predicted molar refractivity (Wildman–Crippen MR) is 64.3 cm³/mol. The minimum atomic E-state index is -0.442. The number of carbonyl (C=O) groups excluding carboxylic acids is 1. The zero-order valence-corrected chi connectivity index (χ0v) is 10.5. The van der Waals surface area contributed by atoms with Gasteiger partial charge in [-0.25, -0.2) is 0 Å². The maximum atomic E-state index is 11.5. The van der Waals surface area contributed by atoms with Gasteiger partial charge in [0, 0.05) is 18.1 Å². The first-order valence-electron chi connectivity index (χ1n) is 4.75. The van der Waals surface area contributed by atoms with Crippen molar-refractivity contribution in [3.05, 3.63) is 34.3 Å². The van der Waals surface area contributed by atoms with E-state index in [-0.39, 0.29) is 5.91 Å². The van der Waals surface area contributed by atoms with Gasteiger partial charge in [0.05, 0.1) is 6.04 Å². The average Bonchev–Trinajstić information content (AvgIpc) is 2.16. The molecule has 0 aromatic heterocycles. The van der Waals surface area contributed by atoms with Crippen LogP contribution in [-0.4, -0.2) is 23.9 Å². The number of likely N-dealkylation sites (N-methyl/N-ethyl adjacent to an activating group) is 1. The Labute approximate surface area is 98.4 Å². The number of amides is 1. The average molecular weight is 271 g/mol. The zero-order valence-electron chi connectivity index (χ0n) is 8.90. The van der Waals surface area contributed by atoms with Crippen molar-refractivity contribution in [1.82, 2.24) is 4.90 Å². The van der Waals surface area contributed by atoms with Crippen molar-refractivity contribution in [1.29, 1.82) is 0 Å². The van der Waals surface area contributed by atoms with Crippen molar-refractivity contribution in [3.63, 3.8) is 0 Å². The highest BCUT2D eigenvalue weighted by Gasteiger charge is 2.13. The van der Waals surface area contributed by atoms with E-state index in [0.29, 0.717) is 6.54 Å². The Morgan fingerprint density at radius 2 is 2.27 bits per heavy atom. The lowest BCUT2D eigenvalue weighted by Crippen LogP contribution is -2.39. The Kier molecular flexibility index (Phi) is 4.29. The third kappa shape index (κ3) is 3.64. The number of halogens is 1. The van der Waals surface area contributed by atoms with E-state index >= 15 is 0 Å². The van der Waals surface area contributed by atoms with Gasteiger partial charge >= 0.3 is 0 Å². The second kappa shape index (κ2) is 5.28. The molecule has 1 aromatic carbocycles. The lowest BCUT2D eigenvalue weighted by Gasteiger charge is -2.19. The summed E-state index contributed by atoms with van der Waals surface area (Å²) in [5.74, 6) is -0.0463. The first-order valence-corrected chi connectivity index (χ1v) is 5.55. The number of nitrogens with two attached hydrogens (primary N) is 1. The minimum Gasteiger partial charge on any atom is -0.340 e. The highest BCUT2D eigenvalue weighted by molar-refractivity contribution is 9.10. The van der Waals surface area contributed by atoms with Gasteiger partial charge < -0.3 is 10.6 Å². The van der Waals surface area contributed by atoms with E-state index in [4.69, 9.17) is 5.73 Å². The quantitative estimate of drug-likeness (QED) is 0.910. The molecule has 0 bridgehead atoms. The summed E-state index contributed by atoms with van der Waals surface area (Å²) in [6.45, 7) is 2.28. The van der Waals surface area contributed by atoms with E-state index in [1.54, 1.807) is 18.9 Å². The number of nitrogens with zero attached hydrogens (tertiary/aromatic N) is 1. The summed E-state index contributed by atoms with van der Waals surface area (Å²) in [6, 6.07) is 7.43. The van der Waals surface area contributed by atoms with Crippen LogP contribution in [0.25, 0.3) is 0 Å². The molecule has 0 radical (unpaired) electrons. The van der Waals surface area contributed by atoms with Crippen molar-refractivity contribution in [2.75, 3.05) is 7.05 Å². The van der Waals surface area contributed by atoms with Gasteiger partial charge in [0.15, 0.2) is 0 Å². The fourth-order valence-electron chi connectivity index (χ4n) is 1.33. The van der Waals surface area contributed by atoms with E-state index in [2.05, 4.69) is 15.9 Å². The Morgan fingerprint density at radius 3 is 2.80 bits per heavy atom. The molecule has 0 fully saturated rings. The SMILES string of the molecule is C[C@H](N)C(=O)N(C)Cc1cccc(Br)c1. The molecule has 2 N–H and O–H groups in total. The monoisotopic (exact) mass is 270 g/mol. The minimum absolute atomic E-state index is 0.0463. The van der Waals surface area contributed by atoms with Crippen LogP contribution in [0, 0.1) is 0 Å².